The molecule has 4 nitrogen and oxygen atoms in total. The van der Waals surface area contributed by atoms with Crippen LogP contribution >= 0.6 is 0 Å². The molecule has 29 heavy (non-hydrogen) atoms. The summed E-state index contributed by atoms with van der Waals surface area (Å²) in [6.07, 6.45) is 9.45. The molecule has 1 aliphatic heterocycles. The standard InChI is InChI=1S/C25H32N2O2/c1-2-3-4-5-6-7-8-15-20-27-23(28)25(26-24(27)29,21-16-11-9-12-17-21)22-18-13-10-14-19-22/h9-14,16-19H,2-8,15,20H2,1H3,(H,26,29). The third-order valence-corrected chi connectivity index (χ3v) is 5.75. The van der Waals surface area contributed by atoms with Crippen molar-refractivity contribution in [2.24, 2.45) is 0 Å². The Bertz CT molecular complexity index is 749. The van der Waals surface area contributed by atoms with Crippen LogP contribution in [-0.4, -0.2) is 23.4 Å². The fraction of sp³-hybridized carbons (Fsp3) is 0.440. The number of nitrogens with zero attached hydrogens (tertiary/aromatic N) is 1. The summed E-state index contributed by atoms with van der Waals surface area (Å²) in [4.78, 5) is 27.7. The molecule has 2 aromatic rings. The van der Waals surface area contributed by atoms with Crippen molar-refractivity contribution < 1.29 is 9.59 Å². The summed E-state index contributed by atoms with van der Waals surface area (Å²) in [5, 5.41) is 3.01. The highest BCUT2D eigenvalue weighted by Crippen LogP contribution is 2.36. The van der Waals surface area contributed by atoms with Crippen molar-refractivity contribution in [1.29, 1.82) is 0 Å². The van der Waals surface area contributed by atoms with Crippen LogP contribution in [0.25, 0.3) is 0 Å². The Morgan fingerprint density at radius 3 is 1.72 bits per heavy atom. The Hall–Kier alpha value is -2.62. The van der Waals surface area contributed by atoms with Crippen molar-refractivity contribution in [2.45, 2.75) is 63.8 Å². The summed E-state index contributed by atoms with van der Waals surface area (Å²) < 4.78 is 0. The molecule has 0 radical (unpaired) electrons. The van der Waals surface area contributed by atoms with E-state index in [1.807, 2.05) is 60.7 Å². The molecule has 154 valence electrons. The molecule has 0 unspecified atom stereocenters. The van der Waals surface area contributed by atoms with Crippen LogP contribution in [0.5, 0.6) is 0 Å². The lowest BCUT2D eigenvalue weighted by molar-refractivity contribution is -0.130. The first-order valence-electron chi connectivity index (χ1n) is 11.0. The van der Waals surface area contributed by atoms with Crippen LogP contribution in [0.1, 0.15) is 69.4 Å². The van der Waals surface area contributed by atoms with Gasteiger partial charge in [-0.05, 0) is 17.5 Å². The van der Waals surface area contributed by atoms with E-state index in [1.165, 1.54) is 37.0 Å². The maximum absolute atomic E-state index is 13.5. The Labute approximate surface area is 174 Å². The van der Waals surface area contributed by atoms with Gasteiger partial charge in [-0.25, -0.2) is 4.79 Å². The molecule has 1 aliphatic rings. The first-order chi connectivity index (χ1) is 14.2. The van der Waals surface area contributed by atoms with Crippen LogP contribution in [0.15, 0.2) is 60.7 Å². The Morgan fingerprint density at radius 1 is 0.724 bits per heavy atom. The summed E-state index contributed by atoms with van der Waals surface area (Å²) in [7, 11) is 0. The number of unbranched alkanes of at least 4 members (excludes halogenated alkanes) is 7. The number of urea groups is 1. The number of rotatable bonds is 11. The van der Waals surface area contributed by atoms with Gasteiger partial charge in [0.25, 0.3) is 5.91 Å². The third-order valence-electron chi connectivity index (χ3n) is 5.75. The second-order valence-corrected chi connectivity index (χ2v) is 7.84. The highest BCUT2D eigenvalue weighted by molar-refractivity contribution is 6.09. The SMILES string of the molecule is CCCCCCCCCCN1C(=O)NC(c2ccccc2)(c2ccccc2)C1=O. The smallest absolute Gasteiger partial charge is 0.315 e. The van der Waals surface area contributed by atoms with E-state index in [-0.39, 0.29) is 11.9 Å². The molecule has 0 spiro atoms. The number of amides is 3. The second kappa shape index (κ2) is 10.2. The fourth-order valence-corrected chi connectivity index (χ4v) is 4.12. The Balaban J connectivity index is 1.68. The molecule has 0 aliphatic carbocycles. The zero-order valence-corrected chi connectivity index (χ0v) is 17.4. The monoisotopic (exact) mass is 392 g/mol. The number of benzene rings is 2. The molecule has 2 aromatic carbocycles. The van der Waals surface area contributed by atoms with E-state index >= 15 is 0 Å². The minimum Gasteiger partial charge on any atom is -0.315 e. The molecule has 1 N–H and O–H groups in total. The van der Waals surface area contributed by atoms with Crippen LogP contribution in [-0.2, 0) is 10.3 Å². The van der Waals surface area contributed by atoms with E-state index in [2.05, 4.69) is 12.2 Å². The Morgan fingerprint density at radius 2 is 1.21 bits per heavy atom. The number of carbonyl (C=O) groups excluding carboxylic acids is 2. The lowest BCUT2D eigenvalue weighted by Crippen LogP contribution is -2.45. The van der Waals surface area contributed by atoms with Crippen LogP contribution in [0.2, 0.25) is 0 Å². The minimum atomic E-state index is -1.14. The van der Waals surface area contributed by atoms with Gasteiger partial charge in [-0.3, -0.25) is 9.69 Å². The van der Waals surface area contributed by atoms with Gasteiger partial charge < -0.3 is 5.32 Å². The van der Waals surface area contributed by atoms with Crippen LogP contribution < -0.4 is 5.32 Å². The number of imide groups is 1. The van der Waals surface area contributed by atoms with Gasteiger partial charge in [0.15, 0.2) is 5.54 Å². The predicted octanol–water partition coefficient (Wildman–Crippen LogP) is 5.62. The zero-order valence-electron chi connectivity index (χ0n) is 17.4. The van der Waals surface area contributed by atoms with Crippen LogP contribution in [0.3, 0.4) is 0 Å². The lowest BCUT2D eigenvalue weighted by Gasteiger charge is -2.28. The minimum absolute atomic E-state index is 0.178. The summed E-state index contributed by atoms with van der Waals surface area (Å²) in [6, 6.07) is 18.8. The van der Waals surface area contributed by atoms with Crippen molar-refractivity contribution in [3.63, 3.8) is 0 Å². The van der Waals surface area contributed by atoms with Crippen LogP contribution in [0, 0.1) is 0 Å². The van der Waals surface area contributed by atoms with E-state index in [4.69, 9.17) is 0 Å². The lowest BCUT2D eigenvalue weighted by atomic mass is 9.82. The fourth-order valence-electron chi connectivity index (χ4n) is 4.12. The maximum Gasteiger partial charge on any atom is 0.325 e. The largest absolute Gasteiger partial charge is 0.325 e. The molecule has 4 heteroatoms. The van der Waals surface area contributed by atoms with Gasteiger partial charge in [-0.2, -0.15) is 0 Å². The quantitative estimate of drug-likeness (QED) is 0.398. The van der Waals surface area contributed by atoms with Crippen LogP contribution in [0.4, 0.5) is 4.79 Å². The first kappa shape index (κ1) is 21.1. The van der Waals surface area contributed by atoms with Crippen molar-refractivity contribution >= 4 is 11.9 Å². The van der Waals surface area contributed by atoms with Crippen molar-refractivity contribution in [3.8, 4) is 0 Å². The molecule has 0 aromatic heterocycles. The number of hydrogen-bond acceptors (Lipinski definition) is 2. The van der Waals surface area contributed by atoms with E-state index in [0.29, 0.717) is 6.54 Å². The summed E-state index contributed by atoms with van der Waals surface area (Å²) >= 11 is 0. The van der Waals surface area contributed by atoms with Gasteiger partial charge in [0, 0.05) is 6.54 Å². The highest BCUT2D eigenvalue weighted by atomic mass is 16.2. The van der Waals surface area contributed by atoms with Gasteiger partial charge >= 0.3 is 6.03 Å². The van der Waals surface area contributed by atoms with Crippen molar-refractivity contribution in [1.82, 2.24) is 10.2 Å². The van der Waals surface area contributed by atoms with Gasteiger partial charge in [-0.1, -0.05) is 113 Å². The normalized spacial score (nSPS) is 15.6. The molecule has 3 amide bonds. The van der Waals surface area contributed by atoms with E-state index < -0.39 is 5.54 Å². The maximum atomic E-state index is 13.5. The highest BCUT2D eigenvalue weighted by Gasteiger charge is 2.53. The molecule has 0 atom stereocenters. The zero-order chi connectivity index (χ0) is 20.5. The average Bonchev–Trinajstić information content (AvgIpc) is 3.02. The molecule has 1 heterocycles. The number of nitrogens with one attached hydrogen (secondary N) is 1. The molecule has 0 saturated carbocycles. The van der Waals surface area contributed by atoms with Crippen molar-refractivity contribution in [2.75, 3.05) is 6.54 Å². The molecule has 1 fully saturated rings. The van der Waals surface area contributed by atoms with Gasteiger partial charge in [0.05, 0.1) is 0 Å². The summed E-state index contributed by atoms with van der Waals surface area (Å²) in [5.74, 6) is -0.178. The molecular weight excluding hydrogens is 360 g/mol. The first-order valence-corrected chi connectivity index (χ1v) is 11.0. The molecule has 0 bridgehead atoms. The van der Waals surface area contributed by atoms with Gasteiger partial charge in [0.1, 0.15) is 0 Å². The predicted molar refractivity (Wildman–Crippen MR) is 117 cm³/mol. The topological polar surface area (TPSA) is 49.4 Å². The van der Waals surface area contributed by atoms with E-state index in [1.54, 1.807) is 0 Å². The molecular formula is C25H32N2O2. The number of hydrogen-bond donors (Lipinski definition) is 1. The van der Waals surface area contributed by atoms with Crippen molar-refractivity contribution in [3.05, 3.63) is 71.8 Å². The summed E-state index contributed by atoms with van der Waals surface area (Å²) in [6.45, 7) is 2.70. The molecule has 3 rings (SSSR count). The number of carbonyl (C=O) groups is 2. The van der Waals surface area contributed by atoms with Gasteiger partial charge in [-0.15, -0.1) is 0 Å². The van der Waals surface area contributed by atoms with Gasteiger partial charge in [0.2, 0.25) is 0 Å². The van der Waals surface area contributed by atoms with E-state index in [9.17, 15) is 9.59 Å². The van der Waals surface area contributed by atoms with E-state index in [0.717, 1.165) is 30.4 Å². The Kier molecular flexibility index (Phi) is 7.45. The third kappa shape index (κ3) is 4.69. The average molecular weight is 393 g/mol. The summed E-state index contributed by atoms with van der Waals surface area (Å²) in [5.41, 5.74) is 0.450. The second-order valence-electron chi connectivity index (χ2n) is 7.84. The molecule has 1 saturated heterocycles.